The molecule has 0 aliphatic carbocycles. The van der Waals surface area contributed by atoms with Crippen molar-refractivity contribution in [1.82, 2.24) is 0 Å². The normalized spacial score (nSPS) is 12.8. The molecule has 4 rings (SSSR count). The summed E-state index contributed by atoms with van der Waals surface area (Å²) in [5.74, 6) is -2.13. The van der Waals surface area contributed by atoms with Crippen LogP contribution < -0.4 is 10.2 Å². The van der Waals surface area contributed by atoms with Crippen molar-refractivity contribution in [2.24, 2.45) is 0 Å². The number of nitrogens with zero attached hydrogens (tertiary/aromatic N) is 1. The minimum absolute atomic E-state index is 0.104. The van der Waals surface area contributed by atoms with Crippen LogP contribution in [0.3, 0.4) is 0 Å². The maximum atomic E-state index is 13.6. The van der Waals surface area contributed by atoms with E-state index in [1.54, 1.807) is 29.2 Å². The van der Waals surface area contributed by atoms with E-state index in [0.29, 0.717) is 17.8 Å². The SMILES string of the molecule is O=C(/C=C/c1c(F)cccc1F)Nc1ccc(C(=O)N2CCc3ccccc32)cc1. The summed E-state index contributed by atoms with van der Waals surface area (Å²) in [7, 11) is 0. The third-order valence-electron chi connectivity index (χ3n) is 4.93. The van der Waals surface area contributed by atoms with E-state index in [2.05, 4.69) is 5.32 Å². The van der Waals surface area contributed by atoms with E-state index in [1.807, 2.05) is 24.3 Å². The van der Waals surface area contributed by atoms with Crippen LogP contribution in [0.15, 0.2) is 72.8 Å². The summed E-state index contributed by atoms with van der Waals surface area (Å²) in [5.41, 5.74) is 2.77. The zero-order chi connectivity index (χ0) is 21.1. The van der Waals surface area contributed by atoms with Gasteiger partial charge in [-0.15, -0.1) is 0 Å². The summed E-state index contributed by atoms with van der Waals surface area (Å²) in [6.45, 7) is 0.633. The first kappa shape index (κ1) is 19.5. The van der Waals surface area contributed by atoms with Gasteiger partial charge in [0.05, 0.1) is 0 Å². The largest absolute Gasteiger partial charge is 0.323 e. The van der Waals surface area contributed by atoms with E-state index in [1.165, 1.54) is 6.07 Å². The summed E-state index contributed by atoms with van der Waals surface area (Å²) in [5, 5.41) is 2.61. The van der Waals surface area contributed by atoms with Crippen LogP contribution in [0.1, 0.15) is 21.5 Å². The predicted molar refractivity (Wildman–Crippen MR) is 112 cm³/mol. The smallest absolute Gasteiger partial charge is 0.258 e. The van der Waals surface area contributed by atoms with Crippen LogP contribution in [0, 0.1) is 11.6 Å². The molecule has 0 bridgehead atoms. The Morgan fingerprint density at radius 2 is 1.60 bits per heavy atom. The fourth-order valence-electron chi connectivity index (χ4n) is 3.41. The fraction of sp³-hybridized carbons (Fsp3) is 0.0833. The van der Waals surface area contributed by atoms with Crippen molar-refractivity contribution in [1.29, 1.82) is 0 Å². The number of carbonyl (C=O) groups is 2. The third-order valence-corrected chi connectivity index (χ3v) is 4.93. The number of hydrogen-bond donors (Lipinski definition) is 1. The van der Waals surface area contributed by atoms with Crippen molar-refractivity contribution in [3.63, 3.8) is 0 Å². The molecule has 0 atom stereocenters. The zero-order valence-corrected chi connectivity index (χ0v) is 15.9. The Kier molecular flexibility index (Phi) is 5.39. The van der Waals surface area contributed by atoms with E-state index < -0.39 is 17.5 Å². The van der Waals surface area contributed by atoms with Crippen LogP contribution in [-0.4, -0.2) is 18.4 Å². The Hall–Kier alpha value is -3.80. The maximum Gasteiger partial charge on any atom is 0.258 e. The first-order chi connectivity index (χ1) is 14.5. The molecule has 1 N–H and O–H groups in total. The maximum absolute atomic E-state index is 13.6. The topological polar surface area (TPSA) is 49.4 Å². The molecule has 3 aromatic carbocycles. The van der Waals surface area contributed by atoms with Crippen LogP contribution in [0.4, 0.5) is 20.2 Å². The van der Waals surface area contributed by atoms with Crippen molar-refractivity contribution in [3.05, 3.63) is 101 Å². The lowest BCUT2D eigenvalue weighted by Crippen LogP contribution is -2.28. The lowest BCUT2D eigenvalue weighted by atomic mass is 10.1. The van der Waals surface area contributed by atoms with Gasteiger partial charge >= 0.3 is 0 Å². The second-order valence-electron chi connectivity index (χ2n) is 6.87. The Morgan fingerprint density at radius 3 is 2.33 bits per heavy atom. The van der Waals surface area contributed by atoms with Gasteiger partial charge in [-0.2, -0.15) is 0 Å². The highest BCUT2D eigenvalue weighted by Gasteiger charge is 2.24. The summed E-state index contributed by atoms with van der Waals surface area (Å²) in [6, 6.07) is 17.8. The molecular formula is C24H18F2N2O2. The van der Waals surface area contributed by atoms with E-state index in [4.69, 9.17) is 0 Å². The van der Waals surface area contributed by atoms with Crippen LogP contribution in [0.2, 0.25) is 0 Å². The molecular weight excluding hydrogens is 386 g/mol. The van der Waals surface area contributed by atoms with Crippen molar-refractivity contribution >= 4 is 29.3 Å². The monoisotopic (exact) mass is 404 g/mol. The number of anilines is 2. The predicted octanol–water partition coefficient (Wildman–Crippen LogP) is 4.82. The lowest BCUT2D eigenvalue weighted by molar-refractivity contribution is -0.111. The molecule has 0 fully saturated rings. The number of halogens is 2. The minimum Gasteiger partial charge on any atom is -0.323 e. The Balaban J connectivity index is 1.42. The van der Waals surface area contributed by atoms with Gasteiger partial charge in [-0.3, -0.25) is 9.59 Å². The van der Waals surface area contributed by atoms with Gasteiger partial charge in [0, 0.05) is 35.1 Å². The fourth-order valence-corrected chi connectivity index (χ4v) is 3.41. The lowest BCUT2D eigenvalue weighted by Gasteiger charge is -2.17. The summed E-state index contributed by atoms with van der Waals surface area (Å²) < 4.78 is 27.2. The van der Waals surface area contributed by atoms with Gasteiger partial charge < -0.3 is 10.2 Å². The van der Waals surface area contributed by atoms with Gasteiger partial charge in [0.1, 0.15) is 11.6 Å². The molecule has 1 aliphatic rings. The molecule has 0 saturated carbocycles. The van der Waals surface area contributed by atoms with Gasteiger partial charge in [-0.1, -0.05) is 24.3 Å². The first-order valence-electron chi connectivity index (χ1n) is 9.46. The van der Waals surface area contributed by atoms with Gasteiger partial charge in [-0.05, 0) is 60.5 Å². The number of amides is 2. The van der Waals surface area contributed by atoms with Crippen LogP contribution in [-0.2, 0) is 11.2 Å². The number of benzene rings is 3. The summed E-state index contributed by atoms with van der Waals surface area (Å²) in [4.78, 5) is 26.6. The van der Waals surface area contributed by atoms with E-state index in [9.17, 15) is 18.4 Å². The summed E-state index contributed by atoms with van der Waals surface area (Å²) in [6.07, 6.45) is 2.97. The van der Waals surface area contributed by atoms with Crippen molar-refractivity contribution in [2.75, 3.05) is 16.8 Å². The molecule has 2 amide bonds. The van der Waals surface area contributed by atoms with E-state index >= 15 is 0 Å². The number of hydrogen-bond acceptors (Lipinski definition) is 2. The standard InChI is InChI=1S/C24H18F2N2O2/c25-20-5-3-6-21(26)19(20)12-13-23(29)27-18-10-8-17(9-11-18)24(30)28-15-14-16-4-1-2-7-22(16)28/h1-13H,14-15H2,(H,27,29)/b13-12+. The number of fused-ring (bicyclic) bond motifs is 1. The molecule has 30 heavy (non-hydrogen) atoms. The van der Waals surface area contributed by atoms with Gasteiger partial charge in [0.15, 0.2) is 0 Å². The third kappa shape index (κ3) is 3.98. The molecule has 0 unspecified atom stereocenters. The van der Waals surface area contributed by atoms with Crippen LogP contribution in [0.25, 0.3) is 6.08 Å². The average Bonchev–Trinajstić information content (AvgIpc) is 3.17. The molecule has 0 radical (unpaired) electrons. The second-order valence-corrected chi connectivity index (χ2v) is 6.87. The highest BCUT2D eigenvalue weighted by Crippen LogP contribution is 2.29. The van der Waals surface area contributed by atoms with Gasteiger partial charge in [-0.25, -0.2) is 8.78 Å². The number of nitrogens with one attached hydrogen (secondary N) is 1. The Bertz CT molecular complexity index is 1120. The van der Waals surface area contributed by atoms with Crippen molar-refractivity contribution in [2.45, 2.75) is 6.42 Å². The molecule has 0 spiro atoms. The molecule has 3 aromatic rings. The minimum atomic E-state index is -0.745. The first-order valence-corrected chi connectivity index (χ1v) is 9.46. The van der Waals surface area contributed by atoms with Gasteiger partial charge in [0.25, 0.3) is 5.91 Å². The molecule has 0 saturated heterocycles. The molecule has 6 heteroatoms. The average molecular weight is 404 g/mol. The molecule has 1 heterocycles. The number of rotatable bonds is 4. The Labute approximate surface area is 172 Å². The quantitative estimate of drug-likeness (QED) is 0.634. The van der Waals surface area contributed by atoms with Crippen LogP contribution in [0.5, 0.6) is 0 Å². The van der Waals surface area contributed by atoms with E-state index in [-0.39, 0.29) is 11.5 Å². The second kappa shape index (κ2) is 8.29. The van der Waals surface area contributed by atoms with Gasteiger partial charge in [0.2, 0.25) is 5.91 Å². The van der Waals surface area contributed by atoms with Crippen LogP contribution >= 0.6 is 0 Å². The highest BCUT2D eigenvalue weighted by atomic mass is 19.1. The van der Waals surface area contributed by atoms with Crippen molar-refractivity contribution in [3.8, 4) is 0 Å². The zero-order valence-electron chi connectivity index (χ0n) is 15.9. The molecule has 4 nitrogen and oxygen atoms in total. The van der Waals surface area contributed by atoms with E-state index in [0.717, 1.165) is 42.0 Å². The molecule has 150 valence electrons. The Morgan fingerprint density at radius 1 is 0.900 bits per heavy atom. The highest BCUT2D eigenvalue weighted by molar-refractivity contribution is 6.08. The molecule has 0 aromatic heterocycles. The van der Waals surface area contributed by atoms with Crippen molar-refractivity contribution < 1.29 is 18.4 Å². The number of para-hydroxylation sites is 1. The number of carbonyl (C=O) groups excluding carboxylic acids is 2. The summed E-state index contributed by atoms with van der Waals surface area (Å²) >= 11 is 0. The molecule has 1 aliphatic heterocycles.